The summed E-state index contributed by atoms with van der Waals surface area (Å²) in [5.74, 6) is -0.517. The molecule has 0 aliphatic rings. The van der Waals surface area contributed by atoms with E-state index in [1.54, 1.807) is 26.0 Å². The average molecular weight is 429 g/mol. The minimum atomic E-state index is -3.97. The fraction of sp³-hybridized carbons (Fsp3) is 0.316. The number of sulfonamides is 1. The second-order valence-corrected chi connectivity index (χ2v) is 8.27. The molecule has 2 aromatic carbocycles. The molecule has 152 valence electrons. The van der Waals surface area contributed by atoms with Gasteiger partial charge in [-0.15, -0.1) is 0 Å². The lowest BCUT2D eigenvalue weighted by Gasteiger charge is -2.19. The summed E-state index contributed by atoms with van der Waals surface area (Å²) in [6.07, 6.45) is 0. The molecule has 0 radical (unpaired) electrons. The zero-order valence-electron chi connectivity index (χ0n) is 15.7. The van der Waals surface area contributed by atoms with Crippen molar-refractivity contribution in [3.8, 4) is 5.75 Å². The number of rotatable bonds is 8. The molecule has 0 aliphatic heterocycles. The van der Waals surface area contributed by atoms with Crippen molar-refractivity contribution < 1.29 is 22.3 Å². The van der Waals surface area contributed by atoms with Gasteiger partial charge in [0.25, 0.3) is 0 Å². The van der Waals surface area contributed by atoms with Crippen molar-refractivity contribution in [3.05, 3.63) is 58.9 Å². The van der Waals surface area contributed by atoms with Crippen LogP contribution in [0.1, 0.15) is 32.4 Å². The summed E-state index contributed by atoms with van der Waals surface area (Å²) in [6, 6.07) is 8.32. The summed E-state index contributed by atoms with van der Waals surface area (Å²) in [7, 11) is -3.97. The SMILES string of the molecule is CCOc1ccc(S(=O)(=O)N[C@H](C)C(=O)N[C@H](C)c2ccc(F)cc2)cc1Cl. The van der Waals surface area contributed by atoms with E-state index in [9.17, 15) is 17.6 Å². The van der Waals surface area contributed by atoms with Gasteiger partial charge in [0.15, 0.2) is 0 Å². The topological polar surface area (TPSA) is 84.5 Å². The quantitative estimate of drug-likeness (QED) is 0.674. The van der Waals surface area contributed by atoms with Gasteiger partial charge in [0.1, 0.15) is 11.6 Å². The van der Waals surface area contributed by atoms with E-state index in [-0.39, 0.29) is 15.7 Å². The van der Waals surface area contributed by atoms with E-state index in [4.69, 9.17) is 16.3 Å². The van der Waals surface area contributed by atoms with Gasteiger partial charge in [0, 0.05) is 0 Å². The fourth-order valence-corrected chi connectivity index (χ4v) is 3.98. The standard InChI is InChI=1S/C19H22ClFN2O4S/c1-4-27-18-10-9-16(11-17(18)20)28(25,26)23-13(3)19(24)22-12(2)14-5-7-15(21)8-6-14/h5-13,23H,4H2,1-3H3,(H,22,24)/t12-,13-/m1/s1. The molecular weight excluding hydrogens is 407 g/mol. The molecule has 0 fully saturated rings. The largest absolute Gasteiger partial charge is 0.492 e. The van der Waals surface area contributed by atoms with Crippen molar-refractivity contribution in [3.63, 3.8) is 0 Å². The second kappa shape index (κ2) is 9.36. The molecule has 1 amide bonds. The van der Waals surface area contributed by atoms with Crippen molar-refractivity contribution in [1.82, 2.24) is 10.0 Å². The number of hydrogen-bond acceptors (Lipinski definition) is 4. The summed E-state index contributed by atoms with van der Waals surface area (Å²) >= 11 is 6.04. The lowest BCUT2D eigenvalue weighted by Crippen LogP contribution is -2.45. The molecule has 2 rings (SSSR count). The highest BCUT2D eigenvalue weighted by Crippen LogP contribution is 2.27. The Morgan fingerprint density at radius 3 is 2.39 bits per heavy atom. The van der Waals surface area contributed by atoms with E-state index >= 15 is 0 Å². The predicted octanol–water partition coefficient (Wildman–Crippen LogP) is 3.42. The molecule has 0 saturated carbocycles. The molecule has 0 saturated heterocycles. The first-order valence-corrected chi connectivity index (χ1v) is 10.5. The molecule has 2 atom stereocenters. The monoisotopic (exact) mass is 428 g/mol. The summed E-state index contributed by atoms with van der Waals surface area (Å²) in [5, 5.41) is 2.85. The first kappa shape index (κ1) is 22.1. The van der Waals surface area contributed by atoms with Crippen LogP contribution in [0.4, 0.5) is 4.39 Å². The maximum absolute atomic E-state index is 13.0. The van der Waals surface area contributed by atoms with Crippen LogP contribution in [0.25, 0.3) is 0 Å². The second-order valence-electron chi connectivity index (χ2n) is 6.15. The molecule has 0 heterocycles. The smallest absolute Gasteiger partial charge is 0.241 e. The number of carbonyl (C=O) groups is 1. The lowest BCUT2D eigenvalue weighted by molar-refractivity contribution is -0.123. The number of halogens is 2. The van der Waals surface area contributed by atoms with Crippen LogP contribution in [-0.4, -0.2) is 27.0 Å². The van der Waals surface area contributed by atoms with Crippen LogP contribution in [0.5, 0.6) is 5.75 Å². The van der Waals surface area contributed by atoms with Crippen molar-refractivity contribution in [2.45, 2.75) is 37.8 Å². The van der Waals surface area contributed by atoms with Gasteiger partial charge in [-0.25, -0.2) is 12.8 Å². The summed E-state index contributed by atoms with van der Waals surface area (Å²) in [5.41, 5.74) is 0.697. The molecule has 2 N–H and O–H groups in total. The number of amides is 1. The molecule has 6 nitrogen and oxygen atoms in total. The van der Waals surface area contributed by atoms with Crippen molar-refractivity contribution in [2.75, 3.05) is 6.61 Å². The van der Waals surface area contributed by atoms with Crippen molar-refractivity contribution >= 4 is 27.5 Å². The Bertz CT molecular complexity index is 935. The normalized spacial score (nSPS) is 13.6. The third-order valence-electron chi connectivity index (χ3n) is 3.97. The molecule has 0 bridgehead atoms. The van der Waals surface area contributed by atoms with Gasteiger partial charge in [-0.3, -0.25) is 4.79 Å². The molecular formula is C19H22ClFN2O4S. The van der Waals surface area contributed by atoms with Crippen LogP contribution in [0, 0.1) is 5.82 Å². The highest BCUT2D eigenvalue weighted by Gasteiger charge is 2.24. The highest BCUT2D eigenvalue weighted by molar-refractivity contribution is 7.89. The Balaban J connectivity index is 2.05. The van der Waals surface area contributed by atoms with Gasteiger partial charge < -0.3 is 10.1 Å². The third kappa shape index (κ3) is 5.67. The summed E-state index contributed by atoms with van der Waals surface area (Å²) in [4.78, 5) is 12.3. The average Bonchev–Trinajstić information content (AvgIpc) is 2.63. The molecule has 0 spiro atoms. The molecule has 9 heteroatoms. The van der Waals surface area contributed by atoms with Crippen LogP contribution in [0.2, 0.25) is 5.02 Å². The number of benzene rings is 2. The van der Waals surface area contributed by atoms with Crippen LogP contribution in [0.3, 0.4) is 0 Å². The maximum Gasteiger partial charge on any atom is 0.241 e. The van der Waals surface area contributed by atoms with Gasteiger partial charge >= 0.3 is 0 Å². The van der Waals surface area contributed by atoms with Gasteiger partial charge in [-0.1, -0.05) is 23.7 Å². The molecule has 0 unspecified atom stereocenters. The number of hydrogen-bond donors (Lipinski definition) is 2. The number of nitrogens with one attached hydrogen (secondary N) is 2. The maximum atomic E-state index is 13.0. The van der Waals surface area contributed by atoms with Gasteiger partial charge in [0.2, 0.25) is 15.9 Å². The molecule has 28 heavy (non-hydrogen) atoms. The number of carbonyl (C=O) groups excluding carboxylic acids is 1. The third-order valence-corrected chi connectivity index (χ3v) is 5.80. The van der Waals surface area contributed by atoms with Crippen molar-refractivity contribution in [2.24, 2.45) is 0 Å². The molecule has 0 aromatic heterocycles. The van der Waals surface area contributed by atoms with E-state index in [0.717, 1.165) is 0 Å². The van der Waals surface area contributed by atoms with Gasteiger partial charge in [-0.2, -0.15) is 4.72 Å². The van der Waals surface area contributed by atoms with E-state index < -0.39 is 28.0 Å². The molecule has 0 aliphatic carbocycles. The highest BCUT2D eigenvalue weighted by atomic mass is 35.5. The van der Waals surface area contributed by atoms with E-state index in [1.165, 1.54) is 37.3 Å². The fourth-order valence-electron chi connectivity index (χ4n) is 2.45. The van der Waals surface area contributed by atoms with E-state index in [0.29, 0.717) is 17.9 Å². The zero-order valence-corrected chi connectivity index (χ0v) is 17.3. The zero-order chi connectivity index (χ0) is 20.9. The lowest BCUT2D eigenvalue weighted by atomic mass is 10.1. The Hall–Kier alpha value is -2.16. The summed E-state index contributed by atoms with van der Waals surface area (Å²) < 4.78 is 45.7. The van der Waals surface area contributed by atoms with E-state index in [1.807, 2.05) is 0 Å². The van der Waals surface area contributed by atoms with Crippen LogP contribution < -0.4 is 14.8 Å². The predicted molar refractivity (Wildman–Crippen MR) is 105 cm³/mol. The van der Waals surface area contributed by atoms with Crippen LogP contribution >= 0.6 is 11.6 Å². The van der Waals surface area contributed by atoms with E-state index in [2.05, 4.69) is 10.0 Å². The number of ether oxygens (including phenoxy) is 1. The minimum absolute atomic E-state index is 0.0767. The summed E-state index contributed by atoms with van der Waals surface area (Å²) in [6.45, 7) is 5.34. The van der Waals surface area contributed by atoms with Crippen molar-refractivity contribution in [1.29, 1.82) is 0 Å². The first-order chi connectivity index (χ1) is 13.1. The van der Waals surface area contributed by atoms with Gasteiger partial charge in [-0.05, 0) is 56.7 Å². The Labute approximate surface area is 169 Å². The Morgan fingerprint density at radius 1 is 1.18 bits per heavy atom. The molecule has 2 aromatic rings. The van der Waals surface area contributed by atoms with Crippen LogP contribution in [0.15, 0.2) is 47.4 Å². The Kier molecular flexibility index (Phi) is 7.40. The minimum Gasteiger partial charge on any atom is -0.492 e. The first-order valence-electron chi connectivity index (χ1n) is 8.64. The van der Waals surface area contributed by atoms with Crippen LogP contribution in [-0.2, 0) is 14.8 Å². The Morgan fingerprint density at radius 2 is 1.82 bits per heavy atom. The van der Waals surface area contributed by atoms with Gasteiger partial charge in [0.05, 0.1) is 28.6 Å².